The quantitative estimate of drug-likeness (QED) is 0.775. The van der Waals surface area contributed by atoms with E-state index in [0.29, 0.717) is 24.2 Å². The summed E-state index contributed by atoms with van der Waals surface area (Å²) in [5, 5.41) is 5.57. The Balaban J connectivity index is 1.97. The SMILES string of the molecule is CCNC(=O)c1cccc(NC(=O)CC2(N)CCCC2)c1. The Bertz CT molecular complexity index is 522. The minimum atomic E-state index is -0.360. The maximum Gasteiger partial charge on any atom is 0.251 e. The van der Waals surface area contributed by atoms with E-state index in [1.54, 1.807) is 24.3 Å². The molecule has 0 unspecified atom stereocenters. The normalized spacial score (nSPS) is 16.5. The van der Waals surface area contributed by atoms with Crippen molar-refractivity contribution in [3.8, 4) is 0 Å². The van der Waals surface area contributed by atoms with E-state index < -0.39 is 0 Å². The van der Waals surface area contributed by atoms with Gasteiger partial charge in [0.25, 0.3) is 5.91 Å². The predicted molar refractivity (Wildman–Crippen MR) is 83.1 cm³/mol. The van der Waals surface area contributed by atoms with Crippen molar-refractivity contribution in [2.45, 2.75) is 44.6 Å². The van der Waals surface area contributed by atoms with Crippen molar-refractivity contribution >= 4 is 17.5 Å². The third-order valence-electron chi connectivity index (χ3n) is 3.86. The van der Waals surface area contributed by atoms with E-state index in [2.05, 4.69) is 10.6 Å². The maximum absolute atomic E-state index is 12.1. The average Bonchev–Trinajstić information content (AvgIpc) is 2.85. The Morgan fingerprint density at radius 2 is 2.00 bits per heavy atom. The third kappa shape index (κ3) is 4.29. The molecule has 1 fully saturated rings. The molecule has 21 heavy (non-hydrogen) atoms. The van der Waals surface area contributed by atoms with Crippen LogP contribution in [0.1, 0.15) is 49.4 Å². The van der Waals surface area contributed by atoms with E-state index in [1.165, 1.54) is 0 Å². The zero-order valence-electron chi connectivity index (χ0n) is 12.4. The second-order valence-corrected chi connectivity index (χ2v) is 5.73. The first kappa shape index (κ1) is 15.5. The largest absolute Gasteiger partial charge is 0.352 e. The molecule has 4 N–H and O–H groups in total. The Morgan fingerprint density at radius 1 is 1.29 bits per heavy atom. The predicted octanol–water partition coefficient (Wildman–Crippen LogP) is 2.04. The first-order valence-corrected chi connectivity index (χ1v) is 7.49. The van der Waals surface area contributed by atoms with Crippen molar-refractivity contribution in [3.63, 3.8) is 0 Å². The van der Waals surface area contributed by atoms with Crippen molar-refractivity contribution < 1.29 is 9.59 Å². The molecule has 0 radical (unpaired) electrons. The van der Waals surface area contributed by atoms with Gasteiger partial charge in [0, 0.05) is 29.8 Å². The Kier molecular flexibility index (Phi) is 4.96. The highest BCUT2D eigenvalue weighted by atomic mass is 16.2. The summed E-state index contributed by atoms with van der Waals surface area (Å²) in [6, 6.07) is 6.94. The summed E-state index contributed by atoms with van der Waals surface area (Å²) in [7, 11) is 0. The lowest BCUT2D eigenvalue weighted by atomic mass is 9.94. The van der Waals surface area contributed by atoms with E-state index in [0.717, 1.165) is 25.7 Å². The lowest BCUT2D eigenvalue weighted by Crippen LogP contribution is -2.40. The zero-order chi connectivity index (χ0) is 15.3. The monoisotopic (exact) mass is 289 g/mol. The minimum Gasteiger partial charge on any atom is -0.352 e. The molecule has 114 valence electrons. The van der Waals surface area contributed by atoms with Gasteiger partial charge >= 0.3 is 0 Å². The van der Waals surface area contributed by atoms with Crippen molar-refractivity contribution in [1.29, 1.82) is 0 Å². The van der Waals surface area contributed by atoms with E-state index in [1.807, 2.05) is 6.92 Å². The van der Waals surface area contributed by atoms with Gasteiger partial charge < -0.3 is 16.4 Å². The average molecular weight is 289 g/mol. The fourth-order valence-electron chi connectivity index (χ4n) is 2.78. The second kappa shape index (κ2) is 6.72. The molecule has 0 aliphatic heterocycles. The van der Waals surface area contributed by atoms with Gasteiger partial charge in [-0.25, -0.2) is 0 Å². The molecule has 0 aromatic heterocycles. The number of nitrogens with one attached hydrogen (secondary N) is 2. The first-order valence-electron chi connectivity index (χ1n) is 7.49. The van der Waals surface area contributed by atoms with Crippen molar-refractivity contribution in [1.82, 2.24) is 5.32 Å². The van der Waals surface area contributed by atoms with Crippen LogP contribution >= 0.6 is 0 Å². The molecule has 2 amide bonds. The van der Waals surface area contributed by atoms with Crippen LogP contribution in [0.25, 0.3) is 0 Å². The number of anilines is 1. The van der Waals surface area contributed by atoms with Crippen LogP contribution in [-0.4, -0.2) is 23.9 Å². The van der Waals surface area contributed by atoms with Gasteiger partial charge in [0.05, 0.1) is 0 Å². The van der Waals surface area contributed by atoms with Gasteiger partial charge in [-0.05, 0) is 38.0 Å². The Labute approximate surface area is 125 Å². The van der Waals surface area contributed by atoms with Gasteiger partial charge in [-0.1, -0.05) is 18.9 Å². The molecule has 5 heteroatoms. The highest BCUT2D eigenvalue weighted by Gasteiger charge is 2.31. The third-order valence-corrected chi connectivity index (χ3v) is 3.86. The number of nitrogens with two attached hydrogens (primary N) is 1. The number of amides is 2. The molecule has 1 aliphatic carbocycles. The summed E-state index contributed by atoms with van der Waals surface area (Å²) in [6.45, 7) is 2.44. The van der Waals surface area contributed by atoms with Gasteiger partial charge in [0.1, 0.15) is 0 Å². The van der Waals surface area contributed by atoms with Crippen LogP contribution in [-0.2, 0) is 4.79 Å². The van der Waals surface area contributed by atoms with E-state index >= 15 is 0 Å². The van der Waals surface area contributed by atoms with Gasteiger partial charge in [-0.3, -0.25) is 9.59 Å². The van der Waals surface area contributed by atoms with Crippen LogP contribution in [0.15, 0.2) is 24.3 Å². The Hall–Kier alpha value is -1.88. The molecule has 2 rings (SSSR count). The number of carbonyl (C=O) groups is 2. The lowest BCUT2D eigenvalue weighted by Gasteiger charge is -2.22. The second-order valence-electron chi connectivity index (χ2n) is 5.73. The number of hydrogen-bond acceptors (Lipinski definition) is 3. The topological polar surface area (TPSA) is 84.2 Å². The van der Waals surface area contributed by atoms with Crippen LogP contribution in [0.3, 0.4) is 0 Å². The van der Waals surface area contributed by atoms with Crippen LogP contribution in [0.5, 0.6) is 0 Å². The number of rotatable bonds is 5. The smallest absolute Gasteiger partial charge is 0.251 e. The molecule has 1 aromatic carbocycles. The fourth-order valence-corrected chi connectivity index (χ4v) is 2.78. The minimum absolute atomic E-state index is 0.0903. The highest BCUT2D eigenvalue weighted by molar-refractivity contribution is 5.97. The standard InChI is InChI=1S/C16H23N3O2/c1-2-18-15(21)12-6-5-7-13(10-12)19-14(20)11-16(17)8-3-4-9-16/h5-7,10H,2-4,8-9,11,17H2,1H3,(H,18,21)(H,19,20). The highest BCUT2D eigenvalue weighted by Crippen LogP contribution is 2.30. The van der Waals surface area contributed by atoms with E-state index in [9.17, 15) is 9.59 Å². The Morgan fingerprint density at radius 3 is 2.67 bits per heavy atom. The summed E-state index contributed by atoms with van der Waals surface area (Å²) in [6.07, 6.45) is 4.32. The van der Waals surface area contributed by atoms with Crippen molar-refractivity contribution in [2.75, 3.05) is 11.9 Å². The molecular formula is C16H23N3O2. The molecule has 1 saturated carbocycles. The molecule has 0 heterocycles. The first-order chi connectivity index (χ1) is 10.0. The van der Waals surface area contributed by atoms with Crippen LogP contribution < -0.4 is 16.4 Å². The van der Waals surface area contributed by atoms with E-state index in [4.69, 9.17) is 5.73 Å². The van der Waals surface area contributed by atoms with E-state index in [-0.39, 0.29) is 17.4 Å². The molecule has 0 saturated heterocycles. The zero-order valence-corrected chi connectivity index (χ0v) is 12.4. The van der Waals surface area contributed by atoms with Gasteiger partial charge in [0.2, 0.25) is 5.91 Å². The number of carbonyl (C=O) groups excluding carboxylic acids is 2. The molecule has 1 aliphatic rings. The maximum atomic E-state index is 12.1. The summed E-state index contributed by atoms with van der Waals surface area (Å²) in [5.74, 6) is -0.230. The molecule has 0 spiro atoms. The van der Waals surface area contributed by atoms with Crippen LogP contribution in [0.4, 0.5) is 5.69 Å². The lowest BCUT2D eigenvalue weighted by molar-refractivity contribution is -0.117. The molecule has 5 nitrogen and oxygen atoms in total. The molecule has 0 atom stereocenters. The summed E-state index contributed by atoms with van der Waals surface area (Å²) in [5.41, 5.74) is 7.02. The number of hydrogen-bond donors (Lipinski definition) is 3. The molecule has 1 aromatic rings. The summed E-state index contributed by atoms with van der Waals surface area (Å²) < 4.78 is 0. The van der Waals surface area contributed by atoms with Gasteiger partial charge in [-0.15, -0.1) is 0 Å². The van der Waals surface area contributed by atoms with Crippen molar-refractivity contribution in [2.24, 2.45) is 5.73 Å². The van der Waals surface area contributed by atoms with Crippen molar-refractivity contribution in [3.05, 3.63) is 29.8 Å². The fraction of sp³-hybridized carbons (Fsp3) is 0.500. The summed E-state index contributed by atoms with van der Waals surface area (Å²) in [4.78, 5) is 23.9. The van der Waals surface area contributed by atoms with Gasteiger partial charge in [0.15, 0.2) is 0 Å². The summed E-state index contributed by atoms with van der Waals surface area (Å²) >= 11 is 0. The van der Waals surface area contributed by atoms with Crippen LogP contribution in [0, 0.1) is 0 Å². The van der Waals surface area contributed by atoms with Crippen LogP contribution in [0.2, 0.25) is 0 Å². The number of benzene rings is 1. The van der Waals surface area contributed by atoms with Gasteiger partial charge in [-0.2, -0.15) is 0 Å². The molecular weight excluding hydrogens is 266 g/mol. The molecule has 0 bridgehead atoms.